The maximum absolute atomic E-state index is 5.80. The highest BCUT2D eigenvalue weighted by Gasteiger charge is 2.20. The van der Waals surface area contributed by atoms with Crippen LogP contribution in [0.15, 0.2) is 18.2 Å². The van der Waals surface area contributed by atoms with E-state index in [1.807, 2.05) is 18.2 Å². The molecule has 0 aromatic heterocycles. The van der Waals surface area contributed by atoms with Gasteiger partial charge in [-0.15, -0.1) is 0 Å². The molecule has 0 amide bonds. The van der Waals surface area contributed by atoms with Gasteiger partial charge in [-0.25, -0.2) is 0 Å². The maximum atomic E-state index is 5.80. The largest absolute Gasteiger partial charge is 0.497 e. The molecule has 2 N–H and O–H groups in total. The van der Waals surface area contributed by atoms with Crippen molar-refractivity contribution >= 4 is 5.69 Å². The average molecular weight is 207 g/mol. The summed E-state index contributed by atoms with van der Waals surface area (Å²) in [6, 6.07) is 5.48. The lowest BCUT2D eigenvalue weighted by Crippen LogP contribution is -2.01. The van der Waals surface area contributed by atoms with E-state index in [1.54, 1.807) is 7.11 Å². The molecule has 0 atom stereocenters. The monoisotopic (exact) mass is 207 g/mol. The van der Waals surface area contributed by atoms with Crippen molar-refractivity contribution in [2.24, 2.45) is 5.92 Å². The first-order chi connectivity index (χ1) is 7.29. The Morgan fingerprint density at radius 2 is 2.20 bits per heavy atom. The number of ether oxygens (including phenoxy) is 2. The van der Waals surface area contributed by atoms with Gasteiger partial charge in [0.15, 0.2) is 0 Å². The minimum absolute atomic E-state index is 0.673. The molecule has 1 aromatic rings. The Hall–Kier alpha value is -1.38. The van der Waals surface area contributed by atoms with Gasteiger partial charge in [-0.05, 0) is 24.5 Å². The molecule has 0 radical (unpaired) electrons. The smallest absolute Gasteiger partial charge is 0.145 e. The lowest BCUT2D eigenvalue weighted by Gasteiger charge is -2.09. The predicted molar refractivity (Wildman–Crippen MR) is 60.2 cm³/mol. The quantitative estimate of drug-likeness (QED) is 0.754. The van der Waals surface area contributed by atoms with E-state index in [-0.39, 0.29) is 0 Å². The van der Waals surface area contributed by atoms with Crippen molar-refractivity contribution in [2.45, 2.75) is 19.3 Å². The Morgan fingerprint density at radius 3 is 2.87 bits per heavy atom. The molecule has 0 unspecified atom stereocenters. The van der Waals surface area contributed by atoms with Gasteiger partial charge >= 0.3 is 0 Å². The molecule has 0 bridgehead atoms. The Bertz CT molecular complexity index is 334. The van der Waals surface area contributed by atoms with Gasteiger partial charge in [0.2, 0.25) is 0 Å². The Balaban J connectivity index is 1.92. The zero-order valence-electron chi connectivity index (χ0n) is 9.03. The van der Waals surface area contributed by atoms with Crippen molar-refractivity contribution in [2.75, 3.05) is 19.5 Å². The van der Waals surface area contributed by atoms with Gasteiger partial charge in [0.1, 0.15) is 11.5 Å². The van der Waals surface area contributed by atoms with Crippen molar-refractivity contribution < 1.29 is 9.47 Å². The van der Waals surface area contributed by atoms with Crippen LogP contribution < -0.4 is 15.2 Å². The van der Waals surface area contributed by atoms with E-state index in [9.17, 15) is 0 Å². The number of methoxy groups -OCH3 is 1. The van der Waals surface area contributed by atoms with Gasteiger partial charge in [-0.1, -0.05) is 12.8 Å². The molecular weight excluding hydrogens is 190 g/mol. The molecule has 0 heterocycles. The van der Waals surface area contributed by atoms with Crippen LogP contribution in [0.4, 0.5) is 5.69 Å². The highest BCUT2D eigenvalue weighted by Crippen LogP contribution is 2.33. The molecular formula is C12H17NO2. The van der Waals surface area contributed by atoms with Crippen LogP contribution >= 0.6 is 0 Å². The van der Waals surface area contributed by atoms with Crippen LogP contribution in [0.25, 0.3) is 0 Å². The molecule has 2 rings (SSSR count). The minimum atomic E-state index is 0.673. The second-order valence-electron chi connectivity index (χ2n) is 3.98. The maximum Gasteiger partial charge on any atom is 0.145 e. The summed E-state index contributed by atoms with van der Waals surface area (Å²) in [7, 11) is 1.64. The Morgan fingerprint density at radius 1 is 1.40 bits per heavy atom. The second kappa shape index (κ2) is 4.43. The molecule has 1 aliphatic carbocycles. The Labute approximate surface area is 90.2 Å². The van der Waals surface area contributed by atoms with Crippen LogP contribution in [0.2, 0.25) is 0 Å². The van der Waals surface area contributed by atoms with Crippen molar-refractivity contribution in [3.05, 3.63) is 18.2 Å². The predicted octanol–water partition coefficient (Wildman–Crippen LogP) is 2.46. The second-order valence-corrected chi connectivity index (χ2v) is 3.98. The number of anilines is 1. The minimum Gasteiger partial charge on any atom is -0.497 e. The summed E-state index contributed by atoms with van der Waals surface area (Å²) in [5.41, 5.74) is 6.47. The third-order valence-electron chi connectivity index (χ3n) is 2.70. The number of nitrogen functional groups attached to an aromatic ring is 1. The van der Waals surface area contributed by atoms with Gasteiger partial charge in [0.25, 0.3) is 0 Å². The van der Waals surface area contributed by atoms with E-state index in [0.29, 0.717) is 5.69 Å². The van der Waals surface area contributed by atoms with Gasteiger partial charge in [0, 0.05) is 6.07 Å². The van der Waals surface area contributed by atoms with E-state index in [2.05, 4.69) is 0 Å². The molecule has 0 saturated heterocycles. The van der Waals surface area contributed by atoms with Crippen LogP contribution in [0.5, 0.6) is 11.5 Å². The zero-order valence-corrected chi connectivity index (χ0v) is 9.03. The lowest BCUT2D eigenvalue weighted by atomic mass is 10.2. The number of hydrogen-bond donors (Lipinski definition) is 1. The molecule has 1 fully saturated rings. The first-order valence-corrected chi connectivity index (χ1v) is 5.36. The summed E-state index contributed by atoms with van der Waals surface area (Å²) >= 11 is 0. The van der Waals surface area contributed by atoms with Crippen molar-refractivity contribution in [3.8, 4) is 11.5 Å². The summed E-state index contributed by atoms with van der Waals surface area (Å²) in [6.07, 6.45) is 3.85. The molecule has 0 aliphatic heterocycles. The van der Waals surface area contributed by atoms with E-state index in [4.69, 9.17) is 15.2 Å². The van der Waals surface area contributed by atoms with E-state index in [1.165, 1.54) is 12.8 Å². The van der Waals surface area contributed by atoms with Gasteiger partial charge in [-0.3, -0.25) is 0 Å². The van der Waals surface area contributed by atoms with Crippen LogP contribution in [0.3, 0.4) is 0 Å². The average Bonchev–Trinajstić information content (AvgIpc) is 3.05. The Kier molecular flexibility index (Phi) is 2.99. The van der Waals surface area contributed by atoms with Crippen molar-refractivity contribution in [1.82, 2.24) is 0 Å². The van der Waals surface area contributed by atoms with Crippen LogP contribution in [-0.4, -0.2) is 13.7 Å². The number of nitrogens with two attached hydrogens (primary N) is 1. The van der Waals surface area contributed by atoms with Gasteiger partial charge < -0.3 is 15.2 Å². The summed E-state index contributed by atoms with van der Waals surface area (Å²) < 4.78 is 10.7. The fourth-order valence-electron chi connectivity index (χ4n) is 1.51. The van der Waals surface area contributed by atoms with Crippen LogP contribution in [0, 0.1) is 5.92 Å². The highest BCUT2D eigenvalue weighted by molar-refractivity contribution is 5.55. The number of hydrogen-bond acceptors (Lipinski definition) is 3. The topological polar surface area (TPSA) is 44.5 Å². The molecule has 3 heteroatoms. The molecule has 1 saturated carbocycles. The summed E-state index contributed by atoms with van der Waals surface area (Å²) in [5, 5.41) is 0. The standard InChI is InChI=1S/C12H17NO2/c1-14-10-4-5-11(13)12(8-10)15-7-6-9-2-3-9/h4-5,8-9H,2-3,6-7,13H2,1H3. The molecule has 15 heavy (non-hydrogen) atoms. The summed E-state index contributed by atoms with van der Waals surface area (Å²) in [5.74, 6) is 2.40. The number of benzene rings is 1. The summed E-state index contributed by atoms with van der Waals surface area (Å²) in [6.45, 7) is 0.752. The zero-order chi connectivity index (χ0) is 10.7. The highest BCUT2D eigenvalue weighted by atomic mass is 16.5. The summed E-state index contributed by atoms with van der Waals surface area (Å²) in [4.78, 5) is 0. The van der Waals surface area contributed by atoms with Crippen LogP contribution in [0.1, 0.15) is 19.3 Å². The molecule has 0 spiro atoms. The van der Waals surface area contributed by atoms with Crippen LogP contribution in [-0.2, 0) is 0 Å². The van der Waals surface area contributed by atoms with Crippen molar-refractivity contribution in [1.29, 1.82) is 0 Å². The normalized spacial score (nSPS) is 15.0. The molecule has 3 nitrogen and oxygen atoms in total. The lowest BCUT2D eigenvalue weighted by molar-refractivity contribution is 0.302. The van der Waals surface area contributed by atoms with Crippen molar-refractivity contribution in [3.63, 3.8) is 0 Å². The van der Waals surface area contributed by atoms with Gasteiger partial charge in [-0.2, -0.15) is 0 Å². The number of rotatable bonds is 5. The third kappa shape index (κ3) is 2.78. The molecule has 1 aromatic carbocycles. The van der Waals surface area contributed by atoms with E-state index < -0.39 is 0 Å². The third-order valence-corrected chi connectivity index (χ3v) is 2.70. The fraction of sp³-hybridized carbons (Fsp3) is 0.500. The molecule has 82 valence electrons. The fourth-order valence-corrected chi connectivity index (χ4v) is 1.51. The van der Waals surface area contributed by atoms with E-state index in [0.717, 1.165) is 30.4 Å². The SMILES string of the molecule is COc1ccc(N)c(OCCC2CC2)c1. The van der Waals surface area contributed by atoms with E-state index >= 15 is 0 Å². The molecule has 1 aliphatic rings. The first-order valence-electron chi connectivity index (χ1n) is 5.36. The first kappa shape index (κ1) is 10.1. The van der Waals surface area contributed by atoms with Gasteiger partial charge in [0.05, 0.1) is 19.4 Å².